The van der Waals surface area contributed by atoms with Crippen LogP contribution in [0.2, 0.25) is 0 Å². The molecule has 12 heteroatoms. The van der Waals surface area contributed by atoms with Crippen molar-refractivity contribution in [1.29, 1.82) is 0 Å². The van der Waals surface area contributed by atoms with Crippen LogP contribution in [0.5, 0.6) is 5.75 Å². The Kier molecular flexibility index (Phi) is 4.51. The summed E-state index contributed by atoms with van der Waals surface area (Å²) in [6.07, 6.45) is 1.20. The molecule has 0 amide bonds. The van der Waals surface area contributed by atoms with Crippen LogP contribution in [0, 0.1) is 20.2 Å². The molecule has 160 valence electrons. The van der Waals surface area contributed by atoms with Gasteiger partial charge in [-0.25, -0.2) is 9.86 Å². The number of methoxy groups -OCH3 is 1. The van der Waals surface area contributed by atoms with Gasteiger partial charge in [0.15, 0.2) is 5.75 Å². The lowest BCUT2D eigenvalue weighted by molar-refractivity contribution is -0.394. The Labute approximate surface area is 174 Å². The Morgan fingerprint density at radius 3 is 2.58 bits per heavy atom. The lowest BCUT2D eigenvalue weighted by Gasteiger charge is -2.38. The number of rotatable bonds is 4. The molecule has 2 heterocycles. The average Bonchev–Trinajstić information content (AvgIpc) is 3.02. The van der Waals surface area contributed by atoms with E-state index >= 15 is 0 Å². The predicted octanol–water partition coefficient (Wildman–Crippen LogP) is 2.08. The van der Waals surface area contributed by atoms with E-state index in [1.54, 1.807) is 24.3 Å². The molecule has 0 unspecified atom stereocenters. The molecule has 3 N–H and O–H groups in total. The fourth-order valence-electron chi connectivity index (χ4n) is 4.27. The number of non-ortho nitro benzene ring substituents is 1. The number of hydrogen-bond acceptors (Lipinski definition) is 10. The SMILES string of the molecule is COC(=O)[C@@H]1C[C@]2(c3cc([N+](=O)[O-])cc([N+](=O)[O-])c3O)C(=CN1)N(O)c1ccccc12. The number of fused-ring (bicyclic) bond motifs is 3. The molecule has 0 aromatic heterocycles. The van der Waals surface area contributed by atoms with E-state index in [0.29, 0.717) is 17.3 Å². The van der Waals surface area contributed by atoms with Gasteiger partial charge in [-0.15, -0.1) is 0 Å². The van der Waals surface area contributed by atoms with Crippen LogP contribution < -0.4 is 10.4 Å². The fraction of sp³-hybridized carbons (Fsp3) is 0.211. The Morgan fingerprint density at radius 1 is 1.23 bits per heavy atom. The van der Waals surface area contributed by atoms with Crippen molar-refractivity contribution in [3.8, 4) is 5.75 Å². The quantitative estimate of drug-likeness (QED) is 0.372. The van der Waals surface area contributed by atoms with Gasteiger partial charge >= 0.3 is 11.7 Å². The molecule has 0 spiro atoms. The monoisotopic (exact) mass is 428 g/mol. The van der Waals surface area contributed by atoms with E-state index in [1.165, 1.54) is 13.3 Å². The second kappa shape index (κ2) is 6.95. The number of carbonyl (C=O) groups is 1. The molecular formula is C19H16N4O8. The number of hydrogen-bond donors (Lipinski definition) is 3. The zero-order valence-electron chi connectivity index (χ0n) is 16.0. The maximum atomic E-state index is 12.3. The largest absolute Gasteiger partial charge is 0.502 e. The third kappa shape index (κ3) is 2.76. The number of nitrogens with one attached hydrogen (secondary N) is 1. The van der Waals surface area contributed by atoms with Crippen LogP contribution in [0.25, 0.3) is 0 Å². The number of nitro groups is 2. The average molecular weight is 428 g/mol. The van der Waals surface area contributed by atoms with Crippen LogP contribution in [0.4, 0.5) is 17.1 Å². The van der Waals surface area contributed by atoms with Crippen molar-refractivity contribution in [3.63, 3.8) is 0 Å². The van der Waals surface area contributed by atoms with Crippen LogP contribution in [0.15, 0.2) is 48.3 Å². The summed E-state index contributed by atoms with van der Waals surface area (Å²) in [4.78, 5) is 33.5. The predicted molar refractivity (Wildman–Crippen MR) is 105 cm³/mol. The third-order valence-electron chi connectivity index (χ3n) is 5.62. The van der Waals surface area contributed by atoms with E-state index in [-0.39, 0.29) is 17.7 Å². The van der Waals surface area contributed by atoms with Crippen molar-refractivity contribution in [3.05, 3.63) is 79.7 Å². The molecule has 0 fully saturated rings. The summed E-state index contributed by atoms with van der Waals surface area (Å²) in [5.74, 6) is -1.44. The summed E-state index contributed by atoms with van der Waals surface area (Å²) < 4.78 is 4.80. The molecule has 0 saturated heterocycles. The van der Waals surface area contributed by atoms with Gasteiger partial charge in [0, 0.05) is 17.8 Å². The van der Waals surface area contributed by atoms with Gasteiger partial charge in [-0.1, -0.05) is 18.2 Å². The van der Waals surface area contributed by atoms with Gasteiger partial charge in [-0.05, 0) is 18.1 Å². The van der Waals surface area contributed by atoms with E-state index < -0.39 is 44.4 Å². The number of esters is 1. The maximum Gasteiger partial charge on any atom is 0.328 e. The van der Waals surface area contributed by atoms with Crippen LogP contribution in [0.3, 0.4) is 0 Å². The van der Waals surface area contributed by atoms with E-state index in [9.17, 15) is 35.3 Å². The summed E-state index contributed by atoms with van der Waals surface area (Å²) in [7, 11) is 1.19. The first-order valence-electron chi connectivity index (χ1n) is 9.01. The Morgan fingerprint density at radius 2 is 1.94 bits per heavy atom. The molecule has 2 aliphatic rings. The van der Waals surface area contributed by atoms with Gasteiger partial charge in [-0.2, -0.15) is 0 Å². The van der Waals surface area contributed by atoms with Gasteiger partial charge in [0.25, 0.3) is 5.69 Å². The van der Waals surface area contributed by atoms with Gasteiger partial charge < -0.3 is 15.2 Å². The van der Waals surface area contributed by atoms with Crippen LogP contribution >= 0.6 is 0 Å². The molecule has 31 heavy (non-hydrogen) atoms. The number of para-hydroxylation sites is 1. The standard InChI is InChI=1S/C19H16N4O8/c1-31-18(25)13-8-19(11-4-2-3-5-14(11)21(26)16(19)9-20-13)12-6-10(22(27)28)7-15(17(12)24)23(29)30/h2-7,9,13,20,24,26H,8H2,1H3/t13-,19-/m0/s1. The van der Waals surface area contributed by atoms with Crippen molar-refractivity contribution in [2.24, 2.45) is 0 Å². The second-order valence-corrected chi connectivity index (χ2v) is 7.09. The van der Waals surface area contributed by atoms with E-state index in [0.717, 1.165) is 11.1 Å². The topological polar surface area (TPSA) is 168 Å². The molecule has 2 atom stereocenters. The highest BCUT2D eigenvalue weighted by Crippen LogP contribution is 2.58. The number of hydroxylamine groups is 1. The molecule has 0 saturated carbocycles. The van der Waals surface area contributed by atoms with Crippen LogP contribution in [0.1, 0.15) is 17.5 Å². The maximum absolute atomic E-state index is 12.3. The summed E-state index contributed by atoms with van der Waals surface area (Å²) in [6.45, 7) is 0. The smallest absolute Gasteiger partial charge is 0.328 e. The summed E-state index contributed by atoms with van der Waals surface area (Å²) in [5.41, 5.74) is -2.32. The second-order valence-electron chi connectivity index (χ2n) is 7.09. The molecule has 2 aliphatic heterocycles. The number of nitro benzene ring substituents is 2. The molecule has 2 aromatic carbocycles. The molecule has 0 radical (unpaired) electrons. The number of benzene rings is 2. The van der Waals surface area contributed by atoms with Crippen molar-refractivity contribution < 1.29 is 29.7 Å². The van der Waals surface area contributed by atoms with Crippen molar-refractivity contribution in [1.82, 2.24) is 5.32 Å². The summed E-state index contributed by atoms with van der Waals surface area (Å²) in [5, 5.41) is 48.2. The highest BCUT2D eigenvalue weighted by atomic mass is 16.6. The lowest BCUT2D eigenvalue weighted by Crippen LogP contribution is -2.48. The van der Waals surface area contributed by atoms with Crippen molar-refractivity contribution >= 4 is 23.0 Å². The highest BCUT2D eigenvalue weighted by Gasteiger charge is 2.55. The fourth-order valence-corrected chi connectivity index (χ4v) is 4.27. The number of phenols is 1. The van der Waals surface area contributed by atoms with Gasteiger partial charge in [0.1, 0.15) is 6.04 Å². The third-order valence-corrected chi connectivity index (χ3v) is 5.62. The van der Waals surface area contributed by atoms with Crippen molar-refractivity contribution in [2.45, 2.75) is 17.9 Å². The van der Waals surface area contributed by atoms with Crippen LogP contribution in [-0.4, -0.2) is 39.3 Å². The number of anilines is 1. The Hall–Kier alpha value is -4.19. The van der Waals surface area contributed by atoms with Gasteiger partial charge in [0.05, 0.1) is 39.8 Å². The highest BCUT2D eigenvalue weighted by molar-refractivity contribution is 5.81. The van der Waals surface area contributed by atoms with Crippen LogP contribution in [-0.2, 0) is 14.9 Å². The van der Waals surface area contributed by atoms with Gasteiger partial charge in [0.2, 0.25) is 0 Å². The number of ether oxygens (including phenoxy) is 1. The van der Waals surface area contributed by atoms with E-state index in [2.05, 4.69) is 5.32 Å². The molecule has 0 bridgehead atoms. The number of nitrogens with zero attached hydrogens (tertiary/aromatic N) is 3. The number of allylic oxidation sites excluding steroid dienone is 1. The zero-order chi connectivity index (χ0) is 22.5. The Bertz CT molecular complexity index is 1160. The lowest BCUT2D eigenvalue weighted by atomic mass is 9.68. The molecule has 12 nitrogen and oxygen atoms in total. The number of phenolic OH excluding ortho intramolecular Hbond substituents is 1. The Balaban J connectivity index is 2.09. The molecule has 0 aliphatic carbocycles. The van der Waals surface area contributed by atoms with E-state index in [4.69, 9.17) is 4.74 Å². The first kappa shape index (κ1) is 20.1. The molecule has 4 rings (SSSR count). The van der Waals surface area contributed by atoms with Gasteiger partial charge in [-0.3, -0.25) is 25.4 Å². The first-order valence-corrected chi connectivity index (χ1v) is 9.01. The first-order chi connectivity index (χ1) is 14.7. The minimum Gasteiger partial charge on any atom is -0.502 e. The van der Waals surface area contributed by atoms with Crippen molar-refractivity contribution in [2.75, 3.05) is 12.2 Å². The summed E-state index contributed by atoms with van der Waals surface area (Å²) >= 11 is 0. The molecular weight excluding hydrogens is 412 g/mol. The number of carbonyl (C=O) groups excluding carboxylic acids is 1. The zero-order valence-corrected chi connectivity index (χ0v) is 16.0. The minimum atomic E-state index is -1.50. The van der Waals surface area contributed by atoms with E-state index in [1.807, 2.05) is 0 Å². The summed E-state index contributed by atoms with van der Waals surface area (Å²) in [6, 6.07) is 7.21. The molecule has 2 aromatic rings. The number of aromatic hydroxyl groups is 1. The normalized spacial score (nSPS) is 21.4. The minimum absolute atomic E-state index is 0.133.